The van der Waals surface area contributed by atoms with Crippen molar-refractivity contribution in [1.82, 2.24) is 4.90 Å². The maximum Gasteiger partial charge on any atom is 0.194 e. The number of benzene rings is 1. The number of halogens is 3. The maximum absolute atomic E-state index is 13.2. The van der Waals surface area contributed by atoms with Gasteiger partial charge in [-0.3, -0.25) is 9.59 Å². The molecule has 0 N–H and O–H groups in total. The minimum atomic E-state index is -1.57. The average Bonchev–Trinajstić information content (AvgIpc) is 2.59. The number of carbonyl (C=O) groups is 2. The quantitative estimate of drug-likeness (QED) is 0.750. The molecule has 0 aliphatic carbocycles. The SMILES string of the molecule is O=C1C=C(N2CCOCC2)N=C(CC(=O)Cc2cc(F)c(F)c(F)c2)C1. The van der Waals surface area contributed by atoms with Crippen LogP contribution in [-0.2, 0) is 20.7 Å². The van der Waals surface area contributed by atoms with E-state index in [0.717, 1.165) is 12.1 Å². The summed E-state index contributed by atoms with van der Waals surface area (Å²) >= 11 is 0. The lowest BCUT2D eigenvalue weighted by molar-refractivity contribution is -0.117. The van der Waals surface area contributed by atoms with Crippen LogP contribution in [0, 0.1) is 17.5 Å². The number of Topliss-reactive ketones (excluding diaryl/α,β-unsaturated/α-hetero) is 1. The Morgan fingerprint density at radius 3 is 2.42 bits per heavy atom. The van der Waals surface area contributed by atoms with E-state index in [2.05, 4.69) is 4.99 Å². The van der Waals surface area contributed by atoms with Gasteiger partial charge >= 0.3 is 0 Å². The summed E-state index contributed by atoms with van der Waals surface area (Å²) in [6, 6.07) is 1.59. The first-order valence-electron chi connectivity index (χ1n) is 8.21. The van der Waals surface area contributed by atoms with Gasteiger partial charge in [-0.15, -0.1) is 0 Å². The number of hydrogen-bond donors (Lipinski definition) is 0. The Hall–Kier alpha value is -2.48. The molecule has 1 saturated heterocycles. The molecule has 0 spiro atoms. The smallest absolute Gasteiger partial charge is 0.194 e. The fourth-order valence-corrected chi connectivity index (χ4v) is 2.91. The molecule has 0 amide bonds. The summed E-state index contributed by atoms with van der Waals surface area (Å²) in [5.41, 5.74) is 0.449. The summed E-state index contributed by atoms with van der Waals surface area (Å²) < 4.78 is 44.7. The van der Waals surface area contributed by atoms with Gasteiger partial charge in [0.15, 0.2) is 23.2 Å². The van der Waals surface area contributed by atoms with Crippen molar-refractivity contribution in [2.75, 3.05) is 26.3 Å². The molecular weight excluding hydrogens is 349 g/mol. The fourth-order valence-electron chi connectivity index (χ4n) is 2.91. The number of hydrogen-bond acceptors (Lipinski definition) is 5. The first-order chi connectivity index (χ1) is 12.4. The van der Waals surface area contributed by atoms with Gasteiger partial charge in [-0.2, -0.15) is 0 Å². The number of rotatable bonds is 5. The summed E-state index contributed by atoms with van der Waals surface area (Å²) in [5.74, 6) is -4.24. The second-order valence-corrected chi connectivity index (χ2v) is 6.19. The van der Waals surface area contributed by atoms with Crippen LogP contribution in [-0.4, -0.2) is 48.5 Å². The topological polar surface area (TPSA) is 59.0 Å². The molecule has 26 heavy (non-hydrogen) atoms. The highest BCUT2D eigenvalue weighted by molar-refractivity contribution is 6.14. The van der Waals surface area contributed by atoms with E-state index in [1.54, 1.807) is 0 Å². The van der Waals surface area contributed by atoms with E-state index in [0.29, 0.717) is 37.8 Å². The largest absolute Gasteiger partial charge is 0.378 e. The normalized spacial score (nSPS) is 17.8. The van der Waals surface area contributed by atoms with Crippen molar-refractivity contribution in [1.29, 1.82) is 0 Å². The summed E-state index contributed by atoms with van der Waals surface area (Å²) in [4.78, 5) is 30.4. The predicted molar refractivity (Wildman–Crippen MR) is 87.2 cm³/mol. The van der Waals surface area contributed by atoms with E-state index in [1.807, 2.05) is 4.90 Å². The first-order valence-corrected chi connectivity index (χ1v) is 8.21. The van der Waals surface area contributed by atoms with Crippen molar-refractivity contribution in [3.8, 4) is 0 Å². The van der Waals surface area contributed by atoms with Crippen LogP contribution in [0.2, 0.25) is 0 Å². The molecule has 0 aromatic heterocycles. The number of carbonyl (C=O) groups excluding carboxylic acids is 2. The Morgan fingerprint density at radius 1 is 1.12 bits per heavy atom. The number of morpholine rings is 1. The third-order valence-corrected chi connectivity index (χ3v) is 4.12. The van der Waals surface area contributed by atoms with Gasteiger partial charge in [-0.1, -0.05) is 0 Å². The van der Waals surface area contributed by atoms with Crippen molar-refractivity contribution in [2.45, 2.75) is 19.3 Å². The first kappa shape index (κ1) is 18.3. The molecule has 0 radical (unpaired) electrons. The number of allylic oxidation sites excluding steroid dienone is 1. The molecule has 1 fully saturated rings. The molecule has 0 unspecified atom stereocenters. The third-order valence-electron chi connectivity index (χ3n) is 4.12. The van der Waals surface area contributed by atoms with Crippen molar-refractivity contribution in [2.24, 2.45) is 4.99 Å². The zero-order valence-electron chi connectivity index (χ0n) is 13.9. The molecule has 0 atom stereocenters. The molecular formula is C18H17F3N2O3. The number of ketones is 2. The van der Waals surface area contributed by atoms with Gasteiger partial charge in [0.1, 0.15) is 11.6 Å². The van der Waals surface area contributed by atoms with Crippen molar-refractivity contribution >= 4 is 17.3 Å². The van der Waals surface area contributed by atoms with Gasteiger partial charge in [0.2, 0.25) is 0 Å². The number of ether oxygens (including phenoxy) is 1. The maximum atomic E-state index is 13.2. The lowest BCUT2D eigenvalue weighted by Gasteiger charge is -2.30. The van der Waals surface area contributed by atoms with Crippen LogP contribution in [0.1, 0.15) is 18.4 Å². The molecule has 1 aromatic rings. The van der Waals surface area contributed by atoms with Gasteiger partial charge in [-0.25, -0.2) is 18.2 Å². The number of nitrogens with zero attached hydrogens (tertiary/aromatic N) is 2. The van der Waals surface area contributed by atoms with Crippen molar-refractivity contribution in [3.05, 3.63) is 47.0 Å². The van der Waals surface area contributed by atoms with Crippen molar-refractivity contribution < 1.29 is 27.5 Å². The second-order valence-electron chi connectivity index (χ2n) is 6.19. The minimum Gasteiger partial charge on any atom is -0.378 e. The molecule has 5 nitrogen and oxygen atoms in total. The monoisotopic (exact) mass is 366 g/mol. The van der Waals surface area contributed by atoms with Gasteiger partial charge in [0.25, 0.3) is 0 Å². The van der Waals surface area contributed by atoms with Gasteiger partial charge in [-0.05, 0) is 17.7 Å². The molecule has 0 bridgehead atoms. The Kier molecular flexibility index (Phi) is 5.51. The summed E-state index contributed by atoms with van der Waals surface area (Å²) in [7, 11) is 0. The van der Waals surface area contributed by atoms with Gasteiger partial charge in [0.05, 0.1) is 13.2 Å². The van der Waals surface area contributed by atoms with Crippen LogP contribution in [0.5, 0.6) is 0 Å². The van der Waals surface area contributed by atoms with Crippen LogP contribution < -0.4 is 0 Å². The summed E-state index contributed by atoms with van der Waals surface area (Å²) in [6.07, 6.45) is 1.11. The van der Waals surface area contributed by atoms with Gasteiger partial charge < -0.3 is 9.64 Å². The van der Waals surface area contributed by atoms with Crippen molar-refractivity contribution in [3.63, 3.8) is 0 Å². The molecule has 138 valence electrons. The van der Waals surface area contributed by atoms with Crippen LogP contribution in [0.4, 0.5) is 13.2 Å². The van der Waals surface area contributed by atoms with E-state index in [-0.39, 0.29) is 36.4 Å². The van der Waals surface area contributed by atoms with Crippen LogP contribution >= 0.6 is 0 Å². The number of aliphatic imine (C=N–C) groups is 1. The molecule has 1 aromatic carbocycles. The summed E-state index contributed by atoms with van der Waals surface area (Å²) in [5, 5.41) is 0. The van der Waals surface area contributed by atoms with E-state index in [1.165, 1.54) is 6.08 Å². The highest BCUT2D eigenvalue weighted by Crippen LogP contribution is 2.18. The summed E-state index contributed by atoms with van der Waals surface area (Å²) in [6.45, 7) is 2.30. The molecule has 2 aliphatic heterocycles. The van der Waals surface area contributed by atoms with E-state index < -0.39 is 17.5 Å². The second kappa shape index (κ2) is 7.82. The Labute approximate surface area is 148 Å². The average molecular weight is 366 g/mol. The minimum absolute atomic E-state index is 0.0335. The lowest BCUT2D eigenvalue weighted by Crippen LogP contribution is -2.36. The Bertz CT molecular complexity index is 776. The zero-order chi connectivity index (χ0) is 18.7. The lowest BCUT2D eigenvalue weighted by atomic mass is 10.0. The zero-order valence-corrected chi connectivity index (χ0v) is 13.9. The highest BCUT2D eigenvalue weighted by Gasteiger charge is 2.22. The molecule has 2 aliphatic rings. The molecule has 3 rings (SSSR count). The Morgan fingerprint density at radius 2 is 1.77 bits per heavy atom. The third kappa shape index (κ3) is 4.37. The molecule has 0 saturated carbocycles. The van der Waals surface area contributed by atoms with E-state index >= 15 is 0 Å². The van der Waals surface area contributed by atoms with Gasteiger partial charge in [0, 0.05) is 44.1 Å². The fraction of sp³-hybridized carbons (Fsp3) is 0.389. The van der Waals surface area contributed by atoms with E-state index in [9.17, 15) is 22.8 Å². The standard InChI is InChI=1S/C18H17F3N2O3/c19-15-6-11(7-16(20)18(15)21)5-13(24)8-12-9-14(25)10-17(22-12)23-1-3-26-4-2-23/h6-7,10H,1-5,8-9H2. The van der Waals surface area contributed by atoms with Crippen LogP contribution in [0.3, 0.4) is 0 Å². The van der Waals surface area contributed by atoms with Crippen LogP contribution in [0.25, 0.3) is 0 Å². The van der Waals surface area contributed by atoms with E-state index in [4.69, 9.17) is 4.74 Å². The highest BCUT2D eigenvalue weighted by atomic mass is 19.2. The molecule has 8 heteroatoms. The predicted octanol–water partition coefficient (Wildman–Crippen LogP) is 2.19. The Balaban J connectivity index is 1.67. The van der Waals surface area contributed by atoms with Crippen LogP contribution in [0.15, 0.2) is 29.0 Å². The molecule has 2 heterocycles.